The number of carboxylic acids is 1. The van der Waals surface area contributed by atoms with E-state index >= 15 is 0 Å². The molecule has 0 saturated carbocycles. The van der Waals surface area contributed by atoms with Crippen molar-refractivity contribution in [2.75, 3.05) is 0 Å². The standard InChI is InChI=1S/C18H15N5O2S/c1-11-2-4-12(5-3-11)16-14(10-15(24)25)26-18-21-20-17(23(18)22-16)13-6-8-19-9-7-13/h2-9,14H,10H2,1H3,(H,24,25)/p-1/t14-/m0/s1. The molecule has 2 aromatic heterocycles. The number of nitrogens with zero attached hydrogens (tertiary/aromatic N) is 5. The van der Waals surface area contributed by atoms with E-state index in [-0.39, 0.29) is 11.7 Å². The van der Waals surface area contributed by atoms with Gasteiger partial charge in [0.1, 0.15) is 0 Å². The largest absolute Gasteiger partial charge is 0.550 e. The van der Waals surface area contributed by atoms with E-state index in [0.717, 1.165) is 16.7 Å². The van der Waals surface area contributed by atoms with Crippen molar-refractivity contribution in [3.05, 3.63) is 59.9 Å². The van der Waals surface area contributed by atoms with Crippen molar-refractivity contribution in [3.8, 4) is 11.4 Å². The molecule has 3 heterocycles. The van der Waals surface area contributed by atoms with Gasteiger partial charge in [0.15, 0.2) is 5.82 Å². The molecule has 0 N–H and O–H groups in total. The second-order valence-corrected chi connectivity index (χ2v) is 7.06. The third-order valence-electron chi connectivity index (χ3n) is 4.01. The lowest BCUT2D eigenvalue weighted by Crippen LogP contribution is -2.32. The molecule has 1 aromatic carbocycles. The minimum atomic E-state index is -1.12. The van der Waals surface area contributed by atoms with Gasteiger partial charge in [0.2, 0.25) is 5.16 Å². The third kappa shape index (κ3) is 3.11. The number of rotatable bonds is 4. The van der Waals surface area contributed by atoms with E-state index in [1.54, 1.807) is 17.1 Å². The molecule has 8 heteroatoms. The van der Waals surface area contributed by atoms with Crippen molar-refractivity contribution in [2.24, 2.45) is 5.10 Å². The average molecular weight is 364 g/mol. The number of aliphatic carboxylic acids is 1. The first-order valence-corrected chi connectivity index (χ1v) is 8.88. The van der Waals surface area contributed by atoms with E-state index in [1.807, 2.05) is 43.3 Å². The van der Waals surface area contributed by atoms with Crippen LogP contribution in [0.25, 0.3) is 11.4 Å². The number of carboxylic acid groups (broad SMARTS) is 1. The van der Waals surface area contributed by atoms with Crippen LogP contribution in [-0.2, 0) is 4.79 Å². The second-order valence-electron chi connectivity index (χ2n) is 5.89. The first-order valence-electron chi connectivity index (χ1n) is 8.00. The highest BCUT2D eigenvalue weighted by atomic mass is 32.2. The van der Waals surface area contributed by atoms with Gasteiger partial charge in [0.25, 0.3) is 0 Å². The molecule has 26 heavy (non-hydrogen) atoms. The molecule has 0 bridgehead atoms. The Hall–Kier alpha value is -3.00. The Labute approximate surface area is 153 Å². The number of hydrogen-bond acceptors (Lipinski definition) is 7. The fraction of sp³-hybridized carbons (Fsp3) is 0.167. The van der Waals surface area contributed by atoms with E-state index < -0.39 is 5.97 Å². The molecule has 130 valence electrons. The van der Waals surface area contributed by atoms with Gasteiger partial charge in [-0.05, 0) is 24.6 Å². The number of thioether (sulfide) groups is 1. The zero-order valence-electron chi connectivity index (χ0n) is 13.9. The summed E-state index contributed by atoms with van der Waals surface area (Å²) in [5, 5.41) is 24.5. The quantitative estimate of drug-likeness (QED) is 0.696. The topological polar surface area (TPSA) is 96.1 Å². The van der Waals surface area contributed by atoms with Gasteiger partial charge in [0, 0.05) is 30.3 Å². The number of aryl methyl sites for hydroxylation is 1. The van der Waals surface area contributed by atoms with Crippen LogP contribution in [0.1, 0.15) is 17.5 Å². The molecule has 1 atom stereocenters. The Morgan fingerprint density at radius 1 is 1.12 bits per heavy atom. The normalized spacial score (nSPS) is 16.0. The van der Waals surface area contributed by atoms with Gasteiger partial charge in [0.05, 0.1) is 11.0 Å². The predicted molar refractivity (Wildman–Crippen MR) is 95.6 cm³/mol. The summed E-state index contributed by atoms with van der Waals surface area (Å²) >= 11 is 1.33. The van der Waals surface area contributed by atoms with Crippen molar-refractivity contribution in [1.29, 1.82) is 0 Å². The highest BCUT2D eigenvalue weighted by Gasteiger charge is 2.29. The molecule has 1 aliphatic rings. The van der Waals surface area contributed by atoms with E-state index in [2.05, 4.69) is 15.2 Å². The molecule has 0 spiro atoms. The van der Waals surface area contributed by atoms with Crippen LogP contribution in [0.4, 0.5) is 0 Å². The molecule has 0 unspecified atom stereocenters. The Kier molecular flexibility index (Phi) is 4.26. The highest BCUT2D eigenvalue weighted by Crippen LogP contribution is 2.34. The summed E-state index contributed by atoms with van der Waals surface area (Å²) in [5.41, 5.74) is 3.50. The van der Waals surface area contributed by atoms with Crippen molar-refractivity contribution in [2.45, 2.75) is 23.8 Å². The number of carbonyl (C=O) groups is 1. The van der Waals surface area contributed by atoms with Gasteiger partial charge in [-0.15, -0.1) is 10.2 Å². The summed E-state index contributed by atoms with van der Waals surface area (Å²) in [5.74, 6) is -0.531. The van der Waals surface area contributed by atoms with Gasteiger partial charge in [-0.1, -0.05) is 41.6 Å². The zero-order valence-corrected chi connectivity index (χ0v) is 14.7. The minimum absolute atomic E-state index is 0.144. The maximum atomic E-state index is 11.2. The van der Waals surface area contributed by atoms with Crippen molar-refractivity contribution in [3.63, 3.8) is 0 Å². The minimum Gasteiger partial charge on any atom is -0.550 e. The third-order valence-corrected chi connectivity index (χ3v) is 5.15. The van der Waals surface area contributed by atoms with Crippen molar-refractivity contribution in [1.82, 2.24) is 19.9 Å². The molecular weight excluding hydrogens is 350 g/mol. The Bertz CT molecular complexity index is 983. The number of fused-ring (bicyclic) bond motifs is 1. The average Bonchev–Trinajstić information content (AvgIpc) is 3.05. The van der Waals surface area contributed by atoms with Crippen molar-refractivity contribution < 1.29 is 9.90 Å². The SMILES string of the molecule is Cc1ccc(C2=Nn3c(nnc3-c3ccncc3)S[C@H]2CC(=O)[O-])cc1. The Morgan fingerprint density at radius 3 is 2.54 bits per heavy atom. The van der Waals surface area contributed by atoms with Crippen LogP contribution in [0.5, 0.6) is 0 Å². The summed E-state index contributed by atoms with van der Waals surface area (Å²) in [6.45, 7) is 2.00. The molecule has 0 fully saturated rings. The zero-order chi connectivity index (χ0) is 18.1. The van der Waals surface area contributed by atoms with E-state index in [9.17, 15) is 9.90 Å². The van der Waals surface area contributed by atoms with Crippen LogP contribution < -0.4 is 5.11 Å². The molecule has 0 aliphatic carbocycles. The fourth-order valence-electron chi connectivity index (χ4n) is 2.72. The Morgan fingerprint density at radius 2 is 1.85 bits per heavy atom. The summed E-state index contributed by atoms with van der Waals surface area (Å²) < 4.78 is 1.65. The molecule has 7 nitrogen and oxygen atoms in total. The van der Waals surface area contributed by atoms with Gasteiger partial charge < -0.3 is 9.90 Å². The number of aromatic nitrogens is 4. The lowest BCUT2D eigenvalue weighted by Gasteiger charge is -2.23. The fourth-order valence-corrected chi connectivity index (χ4v) is 3.81. The van der Waals surface area contributed by atoms with Crippen LogP contribution in [0.2, 0.25) is 0 Å². The molecular formula is C18H14N5O2S-. The smallest absolute Gasteiger partial charge is 0.213 e. The van der Waals surface area contributed by atoms with Crippen LogP contribution in [0, 0.1) is 6.92 Å². The summed E-state index contributed by atoms with van der Waals surface area (Å²) in [6, 6.07) is 11.5. The summed E-state index contributed by atoms with van der Waals surface area (Å²) in [6.07, 6.45) is 3.21. The molecule has 1 aliphatic heterocycles. The second kappa shape index (κ2) is 6.72. The first kappa shape index (κ1) is 16.5. The van der Waals surface area contributed by atoms with Gasteiger partial charge >= 0.3 is 0 Å². The Balaban J connectivity index is 1.82. The van der Waals surface area contributed by atoms with Crippen molar-refractivity contribution >= 4 is 23.4 Å². The highest BCUT2D eigenvalue weighted by molar-refractivity contribution is 8.00. The van der Waals surface area contributed by atoms with Crippen LogP contribution in [0.15, 0.2) is 59.0 Å². The van der Waals surface area contributed by atoms with Gasteiger partial charge in [-0.2, -0.15) is 9.78 Å². The van der Waals surface area contributed by atoms with Crippen LogP contribution >= 0.6 is 11.8 Å². The monoisotopic (exact) mass is 364 g/mol. The van der Waals surface area contributed by atoms with Crippen LogP contribution in [0.3, 0.4) is 0 Å². The summed E-state index contributed by atoms with van der Waals surface area (Å²) in [4.78, 5) is 15.2. The number of benzene rings is 1. The number of carbonyl (C=O) groups excluding carboxylic acids is 1. The number of pyridine rings is 1. The van der Waals surface area contributed by atoms with E-state index in [4.69, 9.17) is 5.10 Å². The van der Waals surface area contributed by atoms with Gasteiger partial charge in [-0.25, -0.2) is 0 Å². The lowest BCUT2D eigenvalue weighted by molar-refractivity contribution is -0.305. The molecule has 4 rings (SSSR count). The molecule has 0 radical (unpaired) electrons. The molecule has 3 aromatic rings. The van der Waals surface area contributed by atoms with E-state index in [0.29, 0.717) is 16.7 Å². The van der Waals surface area contributed by atoms with E-state index in [1.165, 1.54) is 11.8 Å². The number of hydrogen-bond donors (Lipinski definition) is 0. The predicted octanol–water partition coefficient (Wildman–Crippen LogP) is 1.52. The maximum Gasteiger partial charge on any atom is 0.213 e. The van der Waals surface area contributed by atoms with Crippen LogP contribution in [-0.4, -0.2) is 36.8 Å². The first-order chi connectivity index (χ1) is 12.6. The molecule has 0 amide bonds. The maximum absolute atomic E-state index is 11.2. The summed E-state index contributed by atoms with van der Waals surface area (Å²) in [7, 11) is 0. The lowest BCUT2D eigenvalue weighted by atomic mass is 10.0. The molecule has 0 saturated heterocycles. The van der Waals surface area contributed by atoms with Gasteiger partial charge in [-0.3, -0.25) is 4.98 Å².